The molecule has 2 heterocycles. The third-order valence-corrected chi connectivity index (χ3v) is 9.51. The van der Waals surface area contributed by atoms with Crippen molar-refractivity contribution in [1.29, 1.82) is 0 Å². The van der Waals surface area contributed by atoms with Crippen LogP contribution < -0.4 is 4.74 Å². The average molecular weight is 725 g/mol. The van der Waals surface area contributed by atoms with Crippen LogP contribution in [-0.4, -0.2) is 25.6 Å². The van der Waals surface area contributed by atoms with Gasteiger partial charge in [0.15, 0.2) is 0 Å². The molecule has 7 aromatic rings. The van der Waals surface area contributed by atoms with Gasteiger partial charge in [-0.1, -0.05) is 151 Å². The number of benzene rings is 5. The van der Waals surface area contributed by atoms with Crippen LogP contribution >= 0.6 is 11.7 Å². The zero-order chi connectivity index (χ0) is 37.6. The molecule has 0 amide bonds. The fraction of sp³-hybridized carbons (Fsp3) is 0.304. The van der Waals surface area contributed by atoms with Crippen LogP contribution in [0, 0.1) is 13.8 Å². The zero-order valence-corrected chi connectivity index (χ0v) is 33.1. The van der Waals surface area contributed by atoms with Gasteiger partial charge in [-0.15, -0.1) is 10.2 Å². The second kappa shape index (κ2) is 19.6. The molecule has 0 fully saturated rings. The summed E-state index contributed by atoms with van der Waals surface area (Å²) >= 11 is 1.25. The lowest BCUT2D eigenvalue weighted by molar-refractivity contribution is 0.304. The Bertz CT molecular complexity index is 2150. The van der Waals surface area contributed by atoms with Crippen molar-refractivity contribution < 1.29 is 9.15 Å². The maximum absolute atomic E-state index is 6.27. The number of rotatable bonds is 13. The molecule has 0 N–H and O–H groups in total. The summed E-state index contributed by atoms with van der Waals surface area (Å²) in [4.78, 5) is 0. The van der Waals surface area contributed by atoms with Crippen LogP contribution in [0.3, 0.4) is 0 Å². The molecule has 274 valence electrons. The summed E-state index contributed by atoms with van der Waals surface area (Å²) in [5, 5.41) is 8.88. The zero-order valence-electron chi connectivity index (χ0n) is 32.3. The number of hydrogen-bond donors (Lipinski definition) is 0. The number of hydrogen-bond acceptors (Lipinski definition) is 7. The molecule has 0 radical (unpaired) electrons. The minimum Gasteiger partial charge on any atom is -0.494 e. The van der Waals surface area contributed by atoms with E-state index < -0.39 is 0 Å². The normalized spacial score (nSPS) is 10.7. The number of nitrogens with zero attached hydrogens (tertiary/aromatic N) is 4. The van der Waals surface area contributed by atoms with Crippen LogP contribution in [0.4, 0.5) is 0 Å². The lowest BCUT2D eigenvalue weighted by Gasteiger charge is -2.11. The largest absolute Gasteiger partial charge is 0.494 e. The second-order valence-corrected chi connectivity index (χ2v) is 13.2. The van der Waals surface area contributed by atoms with Gasteiger partial charge in [-0.25, -0.2) is 0 Å². The van der Waals surface area contributed by atoms with Gasteiger partial charge in [-0.3, -0.25) is 0 Å². The van der Waals surface area contributed by atoms with Crippen molar-refractivity contribution in [2.75, 3.05) is 6.61 Å². The molecule has 7 rings (SSSR count). The highest BCUT2D eigenvalue weighted by molar-refractivity contribution is 7.00. The number of aromatic nitrogens is 4. The van der Waals surface area contributed by atoms with Crippen molar-refractivity contribution in [3.8, 4) is 62.0 Å². The van der Waals surface area contributed by atoms with E-state index in [1.807, 2.05) is 52.0 Å². The molecule has 0 unspecified atom stereocenters. The van der Waals surface area contributed by atoms with Crippen molar-refractivity contribution in [3.63, 3.8) is 0 Å². The summed E-state index contributed by atoms with van der Waals surface area (Å²) in [5.74, 6) is 1.83. The first-order valence-corrected chi connectivity index (χ1v) is 19.9. The number of ether oxygens (including phenoxy) is 1. The summed E-state index contributed by atoms with van der Waals surface area (Å²) in [6.45, 7) is 15.2. The fourth-order valence-corrected chi connectivity index (χ4v) is 6.77. The molecule has 0 aliphatic carbocycles. The summed E-state index contributed by atoms with van der Waals surface area (Å²) in [7, 11) is 0. The SMILES string of the molecule is CC.CC.CCCCCCCCOc1ccc(-c2nnc(-c3cc(C)ccc3-c3ccc(-c4ccc(-c5ccc(C)cc5)c5nsnc45)cc3)o2)cc1. The van der Waals surface area contributed by atoms with Crippen molar-refractivity contribution in [2.24, 2.45) is 0 Å². The van der Waals surface area contributed by atoms with E-state index in [4.69, 9.17) is 13.5 Å². The molecule has 2 aromatic heterocycles. The van der Waals surface area contributed by atoms with E-state index in [1.165, 1.54) is 49.4 Å². The Morgan fingerprint density at radius 3 is 1.62 bits per heavy atom. The minimum absolute atomic E-state index is 0.482. The molecule has 6 nitrogen and oxygen atoms in total. The van der Waals surface area contributed by atoms with E-state index in [1.54, 1.807) is 0 Å². The van der Waals surface area contributed by atoms with E-state index in [0.717, 1.165) is 79.9 Å². The maximum Gasteiger partial charge on any atom is 0.248 e. The molecule has 0 aliphatic heterocycles. The van der Waals surface area contributed by atoms with E-state index in [2.05, 4.69) is 114 Å². The molecule has 0 spiro atoms. The van der Waals surface area contributed by atoms with Gasteiger partial charge in [-0.05, 0) is 72.9 Å². The first-order chi connectivity index (χ1) is 26.1. The quantitative estimate of drug-likeness (QED) is 0.110. The number of aryl methyl sites for hydroxylation is 2. The maximum atomic E-state index is 6.27. The fourth-order valence-electron chi connectivity index (χ4n) is 6.20. The van der Waals surface area contributed by atoms with Crippen molar-refractivity contribution in [3.05, 3.63) is 114 Å². The van der Waals surface area contributed by atoms with Gasteiger partial charge in [0.05, 0.1) is 18.3 Å². The van der Waals surface area contributed by atoms with E-state index >= 15 is 0 Å². The van der Waals surface area contributed by atoms with Gasteiger partial charge in [-0.2, -0.15) is 8.75 Å². The Balaban J connectivity index is 0.00000131. The molecule has 53 heavy (non-hydrogen) atoms. The Kier molecular flexibility index (Phi) is 14.5. The lowest BCUT2D eigenvalue weighted by atomic mass is 9.94. The standard InChI is InChI=1S/C42H40N4O2S.2C2H6/c1-4-5-6-7-8-9-26-47-34-21-19-33(20-22-34)41-43-44-42(48-41)38-27-29(3)12-23-35(38)30-15-17-32(18-16-30)37-25-24-36(39-40(37)46-49-45-39)31-13-10-28(2)11-14-31;2*1-2/h10-25,27H,4-9,26H2,1-3H3;2*1-2H3. The minimum atomic E-state index is 0.482. The van der Waals surface area contributed by atoms with Gasteiger partial charge < -0.3 is 9.15 Å². The summed E-state index contributed by atoms with van der Waals surface area (Å²) in [6, 6.07) is 35.7. The first kappa shape index (κ1) is 39.1. The Morgan fingerprint density at radius 2 is 1.00 bits per heavy atom. The summed E-state index contributed by atoms with van der Waals surface area (Å²) < 4.78 is 21.6. The average Bonchev–Trinajstić information content (AvgIpc) is 3.91. The van der Waals surface area contributed by atoms with Crippen LogP contribution in [0.2, 0.25) is 0 Å². The molecule has 0 bridgehead atoms. The topological polar surface area (TPSA) is 73.9 Å². The highest BCUT2D eigenvalue weighted by Gasteiger charge is 2.17. The summed E-state index contributed by atoms with van der Waals surface area (Å²) in [5.41, 5.74) is 12.5. The van der Waals surface area contributed by atoms with Crippen molar-refractivity contribution in [2.45, 2.75) is 87.0 Å². The monoisotopic (exact) mass is 724 g/mol. The van der Waals surface area contributed by atoms with Crippen molar-refractivity contribution in [1.82, 2.24) is 18.9 Å². The van der Waals surface area contributed by atoms with E-state index in [-0.39, 0.29) is 0 Å². The van der Waals surface area contributed by atoms with Gasteiger partial charge in [0.25, 0.3) is 0 Å². The molecule has 0 saturated heterocycles. The van der Waals surface area contributed by atoms with Crippen LogP contribution in [0.5, 0.6) is 5.75 Å². The highest BCUT2D eigenvalue weighted by Crippen LogP contribution is 2.38. The summed E-state index contributed by atoms with van der Waals surface area (Å²) in [6.07, 6.45) is 7.47. The van der Waals surface area contributed by atoms with Crippen LogP contribution in [0.25, 0.3) is 67.3 Å². The molecule has 5 aromatic carbocycles. The molecular formula is C46H52N4O2S. The predicted octanol–water partition coefficient (Wildman–Crippen LogP) is 13.8. The molecule has 0 saturated carbocycles. The van der Waals surface area contributed by atoms with E-state index in [9.17, 15) is 0 Å². The molecule has 0 atom stereocenters. The Hall–Kier alpha value is -5.14. The Labute approximate surface area is 319 Å². The third-order valence-electron chi connectivity index (χ3n) is 8.98. The predicted molar refractivity (Wildman–Crippen MR) is 223 cm³/mol. The number of fused-ring (bicyclic) bond motifs is 1. The lowest BCUT2D eigenvalue weighted by Crippen LogP contribution is -1.97. The highest BCUT2D eigenvalue weighted by atomic mass is 32.1. The van der Waals surface area contributed by atoms with Gasteiger partial charge in [0, 0.05) is 22.3 Å². The van der Waals surface area contributed by atoms with Crippen LogP contribution in [0.1, 0.15) is 84.3 Å². The molecule has 0 aliphatic rings. The van der Waals surface area contributed by atoms with Crippen LogP contribution in [-0.2, 0) is 0 Å². The van der Waals surface area contributed by atoms with Gasteiger partial charge in [0.1, 0.15) is 16.8 Å². The smallest absolute Gasteiger partial charge is 0.248 e. The van der Waals surface area contributed by atoms with E-state index in [0.29, 0.717) is 11.8 Å². The second-order valence-electron chi connectivity index (χ2n) is 12.7. The number of unbranched alkanes of at least 4 members (excludes halogenated alkanes) is 5. The van der Waals surface area contributed by atoms with Gasteiger partial charge >= 0.3 is 0 Å². The third kappa shape index (κ3) is 9.65. The molecule has 7 heteroatoms. The first-order valence-electron chi connectivity index (χ1n) is 19.2. The molecular weight excluding hydrogens is 673 g/mol. The van der Waals surface area contributed by atoms with Crippen molar-refractivity contribution >= 4 is 22.8 Å². The van der Waals surface area contributed by atoms with Crippen LogP contribution in [0.15, 0.2) is 108 Å². The Morgan fingerprint density at radius 1 is 0.509 bits per heavy atom. The van der Waals surface area contributed by atoms with Gasteiger partial charge in [0.2, 0.25) is 11.8 Å².